The van der Waals surface area contributed by atoms with Gasteiger partial charge in [-0.3, -0.25) is 14.2 Å². The van der Waals surface area contributed by atoms with Crippen LogP contribution in [0.15, 0.2) is 99.9 Å². The van der Waals surface area contributed by atoms with Crippen molar-refractivity contribution in [3.05, 3.63) is 132 Å². The van der Waals surface area contributed by atoms with E-state index < -0.39 is 6.04 Å². The van der Waals surface area contributed by atoms with Crippen LogP contribution in [0.1, 0.15) is 50.4 Å². The molecule has 1 aliphatic heterocycles. The van der Waals surface area contributed by atoms with Gasteiger partial charge < -0.3 is 19.1 Å². The minimum absolute atomic E-state index is 0.156. The molecule has 0 unspecified atom stereocenters. The van der Waals surface area contributed by atoms with Crippen molar-refractivity contribution >= 4 is 45.7 Å². The molecule has 2 heterocycles. The standard InChI is InChI=1S/C39H38ClN3O5S/c1-6-42(7-2)38(45)34-24(4)41-39-43(36(34)35-29-12-10-9-11-27(29)16-20-31(35)46-5)37(44)33(49-39)22-26-15-19-30(32(21-26)47-8-3)48-23-25-13-17-28(40)18-14-25/h9-22,36H,6-8,23H2,1-5H3/b33-22+/t36-/m1/s1. The van der Waals surface area contributed by atoms with Gasteiger partial charge in [-0.2, -0.15) is 0 Å². The molecule has 6 rings (SSSR count). The number of allylic oxidation sites excluding steroid dienone is 1. The molecule has 0 aliphatic carbocycles. The summed E-state index contributed by atoms with van der Waals surface area (Å²) < 4.78 is 20.1. The summed E-state index contributed by atoms with van der Waals surface area (Å²) in [6, 6.07) is 24.2. The summed E-state index contributed by atoms with van der Waals surface area (Å²) in [5.41, 5.74) is 3.27. The fourth-order valence-electron chi connectivity index (χ4n) is 6.18. The number of hydrogen-bond donors (Lipinski definition) is 0. The summed E-state index contributed by atoms with van der Waals surface area (Å²) >= 11 is 7.32. The van der Waals surface area contributed by atoms with Crippen LogP contribution in [0.2, 0.25) is 5.02 Å². The Bertz CT molecular complexity index is 2240. The number of nitrogens with zero attached hydrogens (tertiary/aromatic N) is 3. The summed E-state index contributed by atoms with van der Waals surface area (Å²) in [6.07, 6.45) is 1.83. The largest absolute Gasteiger partial charge is 0.496 e. The number of ether oxygens (including phenoxy) is 3. The van der Waals surface area contributed by atoms with Gasteiger partial charge in [0, 0.05) is 23.7 Å². The SMILES string of the molecule is CCOc1cc(/C=c2/sc3n(c2=O)[C@@H](c2c(OC)ccc4ccccc24)C(C(=O)N(CC)CC)=C(C)N=3)ccc1OCc1ccc(Cl)cc1. The number of aromatic nitrogens is 1. The summed E-state index contributed by atoms with van der Waals surface area (Å²) in [5, 5.41) is 2.54. The van der Waals surface area contributed by atoms with Gasteiger partial charge in [0.1, 0.15) is 18.4 Å². The van der Waals surface area contributed by atoms with Crippen molar-refractivity contribution in [3.63, 3.8) is 0 Å². The molecule has 8 nitrogen and oxygen atoms in total. The predicted octanol–water partition coefficient (Wildman–Crippen LogP) is 6.90. The maximum atomic E-state index is 14.5. The van der Waals surface area contributed by atoms with Gasteiger partial charge >= 0.3 is 0 Å². The first-order valence-corrected chi connectivity index (χ1v) is 17.5. The van der Waals surface area contributed by atoms with Crippen LogP contribution in [-0.4, -0.2) is 42.2 Å². The maximum absolute atomic E-state index is 14.5. The number of rotatable bonds is 11. The fourth-order valence-corrected chi connectivity index (χ4v) is 7.35. The number of thiazole rings is 1. The summed E-state index contributed by atoms with van der Waals surface area (Å²) in [7, 11) is 1.61. The minimum atomic E-state index is -0.754. The van der Waals surface area contributed by atoms with E-state index >= 15 is 0 Å². The van der Waals surface area contributed by atoms with Gasteiger partial charge in [0.25, 0.3) is 11.5 Å². The number of benzene rings is 4. The van der Waals surface area contributed by atoms with E-state index in [9.17, 15) is 9.59 Å². The molecule has 0 spiro atoms. The van der Waals surface area contributed by atoms with E-state index in [1.165, 1.54) is 11.3 Å². The number of amides is 1. The number of likely N-dealkylation sites (N-methyl/N-ethyl adjacent to an activating group) is 1. The molecule has 1 atom stereocenters. The minimum Gasteiger partial charge on any atom is -0.496 e. The Morgan fingerprint density at radius 1 is 0.959 bits per heavy atom. The van der Waals surface area contributed by atoms with E-state index in [1.54, 1.807) is 16.6 Å². The van der Waals surface area contributed by atoms with Crippen molar-refractivity contribution in [2.24, 2.45) is 4.99 Å². The molecule has 1 aromatic heterocycles. The molecule has 0 fully saturated rings. The number of fused-ring (bicyclic) bond motifs is 2. The molecule has 49 heavy (non-hydrogen) atoms. The van der Waals surface area contributed by atoms with E-state index in [4.69, 9.17) is 30.8 Å². The van der Waals surface area contributed by atoms with Crippen molar-refractivity contribution in [2.75, 3.05) is 26.8 Å². The molecular formula is C39H38ClN3O5S. The Kier molecular flexibility index (Phi) is 10.2. The number of carbonyl (C=O) groups is 1. The highest BCUT2D eigenvalue weighted by molar-refractivity contribution is 7.07. The quantitative estimate of drug-likeness (QED) is 0.150. The second-order valence-electron chi connectivity index (χ2n) is 11.5. The van der Waals surface area contributed by atoms with Gasteiger partial charge in [-0.1, -0.05) is 71.5 Å². The first-order chi connectivity index (χ1) is 23.8. The van der Waals surface area contributed by atoms with Crippen LogP contribution in [0.4, 0.5) is 0 Å². The van der Waals surface area contributed by atoms with Gasteiger partial charge in [0.2, 0.25) is 0 Å². The Balaban J connectivity index is 1.49. The monoisotopic (exact) mass is 695 g/mol. The van der Waals surface area contributed by atoms with Crippen molar-refractivity contribution in [3.8, 4) is 17.2 Å². The Morgan fingerprint density at radius 2 is 1.69 bits per heavy atom. The molecule has 5 aromatic rings. The van der Waals surface area contributed by atoms with Gasteiger partial charge in [-0.05, 0) is 86.0 Å². The van der Waals surface area contributed by atoms with Gasteiger partial charge in [0.15, 0.2) is 16.3 Å². The highest BCUT2D eigenvalue weighted by Gasteiger charge is 2.36. The molecule has 0 saturated heterocycles. The van der Waals surface area contributed by atoms with Gasteiger partial charge in [-0.15, -0.1) is 0 Å². The van der Waals surface area contributed by atoms with E-state index in [0.29, 0.717) is 69.2 Å². The maximum Gasteiger partial charge on any atom is 0.271 e. The third-order valence-corrected chi connectivity index (χ3v) is 9.83. The third-order valence-electron chi connectivity index (χ3n) is 8.60. The van der Waals surface area contributed by atoms with Crippen LogP contribution in [0.25, 0.3) is 16.8 Å². The smallest absolute Gasteiger partial charge is 0.271 e. The molecular weight excluding hydrogens is 658 g/mol. The molecule has 10 heteroatoms. The molecule has 1 amide bonds. The molecule has 4 aromatic carbocycles. The zero-order valence-corrected chi connectivity index (χ0v) is 29.7. The average molecular weight is 696 g/mol. The lowest BCUT2D eigenvalue weighted by molar-refractivity contribution is -0.127. The summed E-state index contributed by atoms with van der Waals surface area (Å²) in [6.45, 7) is 9.49. The third kappa shape index (κ3) is 6.73. The lowest BCUT2D eigenvalue weighted by Gasteiger charge is -2.30. The Morgan fingerprint density at radius 3 is 2.41 bits per heavy atom. The van der Waals surface area contributed by atoms with Crippen molar-refractivity contribution < 1.29 is 19.0 Å². The van der Waals surface area contributed by atoms with Gasteiger partial charge in [0.05, 0.1) is 29.5 Å². The van der Waals surface area contributed by atoms with Gasteiger partial charge in [-0.25, -0.2) is 4.99 Å². The fraction of sp³-hybridized carbons (Fsp3) is 0.256. The Labute approximate surface area is 294 Å². The van der Waals surface area contributed by atoms with Crippen molar-refractivity contribution in [2.45, 2.75) is 40.3 Å². The molecule has 0 N–H and O–H groups in total. The summed E-state index contributed by atoms with van der Waals surface area (Å²) in [4.78, 5) is 35.9. The second-order valence-corrected chi connectivity index (χ2v) is 13.0. The topological polar surface area (TPSA) is 82.4 Å². The summed E-state index contributed by atoms with van der Waals surface area (Å²) in [5.74, 6) is 1.59. The number of halogens is 1. The van der Waals surface area contributed by atoms with E-state index in [1.807, 2.05) is 113 Å². The van der Waals surface area contributed by atoms with Crippen LogP contribution in [0.5, 0.6) is 17.2 Å². The number of carbonyl (C=O) groups excluding carboxylic acids is 1. The molecule has 1 aliphatic rings. The highest BCUT2D eigenvalue weighted by Crippen LogP contribution is 2.40. The molecule has 0 bridgehead atoms. The lowest BCUT2D eigenvalue weighted by atomic mass is 9.90. The van der Waals surface area contributed by atoms with Crippen LogP contribution < -0.4 is 29.1 Å². The van der Waals surface area contributed by atoms with E-state index in [0.717, 1.165) is 27.5 Å². The number of methoxy groups -OCH3 is 1. The predicted molar refractivity (Wildman–Crippen MR) is 196 cm³/mol. The lowest BCUT2D eigenvalue weighted by Crippen LogP contribution is -2.43. The normalized spacial score (nSPS) is 14.4. The van der Waals surface area contributed by atoms with Crippen LogP contribution in [0.3, 0.4) is 0 Å². The highest BCUT2D eigenvalue weighted by atomic mass is 35.5. The molecule has 0 saturated carbocycles. The first kappa shape index (κ1) is 34.0. The zero-order valence-electron chi connectivity index (χ0n) is 28.2. The van der Waals surface area contributed by atoms with E-state index in [2.05, 4.69) is 0 Å². The van der Waals surface area contributed by atoms with Crippen molar-refractivity contribution in [1.82, 2.24) is 9.47 Å². The van der Waals surface area contributed by atoms with Crippen LogP contribution >= 0.6 is 22.9 Å². The zero-order chi connectivity index (χ0) is 34.7. The number of hydrogen-bond acceptors (Lipinski definition) is 7. The average Bonchev–Trinajstić information content (AvgIpc) is 3.41. The molecule has 0 radical (unpaired) electrons. The second kappa shape index (κ2) is 14.7. The van der Waals surface area contributed by atoms with Crippen LogP contribution in [0, 0.1) is 0 Å². The van der Waals surface area contributed by atoms with Crippen molar-refractivity contribution in [1.29, 1.82) is 0 Å². The van der Waals surface area contributed by atoms with Crippen LogP contribution in [-0.2, 0) is 11.4 Å². The molecule has 252 valence electrons. The van der Waals surface area contributed by atoms with E-state index in [-0.39, 0.29) is 11.5 Å². The first-order valence-electron chi connectivity index (χ1n) is 16.3. The Hall–Kier alpha value is -4.86.